The molecule has 1 amide bonds. The highest BCUT2D eigenvalue weighted by Gasteiger charge is 2.31. The van der Waals surface area contributed by atoms with Crippen molar-refractivity contribution in [1.82, 2.24) is 19.9 Å². The maximum absolute atomic E-state index is 13.3. The topological polar surface area (TPSA) is 61.9 Å². The molecule has 2 aromatic heterocycles. The number of benzene rings is 1. The second-order valence-electron chi connectivity index (χ2n) is 6.31. The Morgan fingerprint density at radius 2 is 2.17 bits per heavy atom. The summed E-state index contributed by atoms with van der Waals surface area (Å²) in [6.45, 7) is 2.70. The Kier molecular flexibility index (Phi) is 3.76. The second-order valence-corrected chi connectivity index (χ2v) is 6.31. The van der Waals surface area contributed by atoms with Crippen molar-refractivity contribution in [1.29, 1.82) is 0 Å². The van der Waals surface area contributed by atoms with E-state index in [1.54, 1.807) is 6.20 Å². The number of aromatic amines is 1. The van der Waals surface area contributed by atoms with E-state index in [9.17, 15) is 4.79 Å². The third-order valence-corrected chi connectivity index (χ3v) is 4.67. The van der Waals surface area contributed by atoms with Crippen LogP contribution in [-0.2, 0) is 0 Å². The Balaban J connectivity index is 1.77. The van der Waals surface area contributed by atoms with Crippen LogP contribution in [0.25, 0.3) is 10.9 Å². The van der Waals surface area contributed by atoms with Crippen molar-refractivity contribution in [3.8, 4) is 0 Å². The van der Waals surface area contributed by atoms with Gasteiger partial charge in [0.2, 0.25) is 0 Å². The summed E-state index contributed by atoms with van der Waals surface area (Å²) < 4.78 is 0. The Morgan fingerprint density at radius 3 is 3.00 bits per heavy atom. The first-order valence-corrected chi connectivity index (χ1v) is 8.40. The average molecular weight is 320 g/mol. The van der Waals surface area contributed by atoms with Crippen molar-refractivity contribution in [2.24, 2.45) is 0 Å². The van der Waals surface area contributed by atoms with E-state index in [2.05, 4.69) is 15.0 Å². The van der Waals surface area contributed by atoms with Gasteiger partial charge in [0.15, 0.2) is 0 Å². The third-order valence-electron chi connectivity index (χ3n) is 4.67. The largest absolute Gasteiger partial charge is 0.347 e. The lowest BCUT2D eigenvalue weighted by atomic mass is 9.99. The highest BCUT2D eigenvalue weighted by atomic mass is 16.2. The van der Waals surface area contributed by atoms with E-state index >= 15 is 0 Å². The maximum Gasteiger partial charge on any atom is 0.255 e. The van der Waals surface area contributed by atoms with Crippen LogP contribution in [-0.4, -0.2) is 32.3 Å². The van der Waals surface area contributed by atoms with Gasteiger partial charge in [-0.1, -0.05) is 18.2 Å². The normalized spacial score (nSPS) is 18.0. The molecule has 0 saturated carbocycles. The molecular weight excluding hydrogens is 300 g/mol. The summed E-state index contributed by atoms with van der Waals surface area (Å²) in [4.78, 5) is 27.4. The molecule has 0 aliphatic carbocycles. The number of nitrogens with zero attached hydrogens (tertiary/aromatic N) is 3. The minimum atomic E-state index is 0.0217. The number of pyridine rings is 1. The summed E-state index contributed by atoms with van der Waals surface area (Å²) in [6.07, 6.45) is 6.66. The second kappa shape index (κ2) is 6.07. The number of carbonyl (C=O) groups excluding carboxylic acids is 1. The van der Waals surface area contributed by atoms with Crippen LogP contribution < -0.4 is 0 Å². The van der Waals surface area contributed by atoms with Crippen LogP contribution in [0.15, 0.2) is 42.7 Å². The zero-order valence-electron chi connectivity index (χ0n) is 13.7. The van der Waals surface area contributed by atoms with E-state index in [1.165, 1.54) is 0 Å². The number of aryl methyl sites for hydroxylation is 1. The standard InChI is InChI=1S/C19H20N4O/c1-13-12-15(14-6-2-3-7-16(14)22-13)19(24)23-11-5-4-8-17(23)18-20-9-10-21-18/h2-3,6-7,9-10,12,17H,4-5,8,11H2,1H3,(H,20,21)/t17-/m1/s1. The van der Waals surface area contributed by atoms with Crippen molar-refractivity contribution in [2.45, 2.75) is 32.2 Å². The molecule has 24 heavy (non-hydrogen) atoms. The molecule has 4 rings (SSSR count). The van der Waals surface area contributed by atoms with Gasteiger partial charge >= 0.3 is 0 Å². The summed E-state index contributed by atoms with van der Waals surface area (Å²) in [6, 6.07) is 9.76. The van der Waals surface area contributed by atoms with Gasteiger partial charge in [0, 0.05) is 30.0 Å². The molecule has 122 valence electrons. The molecule has 0 spiro atoms. The van der Waals surface area contributed by atoms with Crippen LogP contribution in [0.4, 0.5) is 0 Å². The Bertz CT molecular complexity index is 872. The van der Waals surface area contributed by atoms with E-state index in [0.29, 0.717) is 0 Å². The fraction of sp³-hybridized carbons (Fsp3) is 0.316. The summed E-state index contributed by atoms with van der Waals surface area (Å²) in [5.41, 5.74) is 2.47. The third kappa shape index (κ3) is 2.56. The highest BCUT2D eigenvalue weighted by molar-refractivity contribution is 6.06. The zero-order chi connectivity index (χ0) is 16.5. The number of fused-ring (bicyclic) bond motifs is 1. The Labute approximate surface area is 140 Å². The quantitative estimate of drug-likeness (QED) is 0.784. The van der Waals surface area contributed by atoms with Crippen LogP contribution in [0.5, 0.6) is 0 Å². The van der Waals surface area contributed by atoms with E-state index in [4.69, 9.17) is 0 Å². The molecule has 1 aromatic carbocycles. The lowest BCUT2D eigenvalue weighted by molar-refractivity contribution is 0.0603. The Hall–Kier alpha value is -2.69. The van der Waals surface area contributed by atoms with E-state index in [1.807, 2.05) is 48.4 Å². The molecule has 1 N–H and O–H groups in total. The van der Waals surface area contributed by atoms with Crippen molar-refractivity contribution >= 4 is 16.8 Å². The summed E-state index contributed by atoms with van der Waals surface area (Å²) in [5, 5.41) is 0.914. The molecule has 3 heterocycles. The van der Waals surface area contributed by atoms with Gasteiger partial charge in [-0.25, -0.2) is 4.98 Å². The highest BCUT2D eigenvalue weighted by Crippen LogP contribution is 2.31. The molecule has 1 atom stereocenters. The van der Waals surface area contributed by atoms with Crippen molar-refractivity contribution in [2.75, 3.05) is 6.54 Å². The number of likely N-dealkylation sites (tertiary alicyclic amines) is 1. The van der Waals surface area contributed by atoms with Crippen molar-refractivity contribution in [3.63, 3.8) is 0 Å². The van der Waals surface area contributed by atoms with E-state index in [0.717, 1.165) is 53.8 Å². The molecule has 0 bridgehead atoms. The van der Waals surface area contributed by atoms with Gasteiger partial charge in [-0.3, -0.25) is 9.78 Å². The van der Waals surface area contributed by atoms with Crippen molar-refractivity contribution < 1.29 is 4.79 Å². The fourth-order valence-corrected chi connectivity index (χ4v) is 3.56. The minimum Gasteiger partial charge on any atom is -0.347 e. The van der Waals surface area contributed by atoms with Gasteiger partial charge in [0.25, 0.3) is 5.91 Å². The van der Waals surface area contributed by atoms with Gasteiger partial charge in [-0.15, -0.1) is 0 Å². The molecular formula is C19H20N4O. The zero-order valence-corrected chi connectivity index (χ0v) is 13.7. The molecule has 1 fully saturated rings. The minimum absolute atomic E-state index is 0.0217. The molecule has 1 saturated heterocycles. The number of nitrogens with one attached hydrogen (secondary N) is 1. The predicted molar refractivity (Wildman–Crippen MR) is 92.7 cm³/mol. The van der Waals surface area contributed by atoms with Gasteiger partial charge < -0.3 is 9.88 Å². The number of rotatable bonds is 2. The SMILES string of the molecule is Cc1cc(C(=O)N2CCCC[C@@H]2c2ncc[nH]2)c2ccccc2n1. The Morgan fingerprint density at radius 1 is 1.29 bits per heavy atom. The summed E-state index contributed by atoms with van der Waals surface area (Å²) >= 11 is 0. The first-order chi connectivity index (χ1) is 11.7. The summed E-state index contributed by atoms with van der Waals surface area (Å²) in [7, 11) is 0. The number of H-pyrrole nitrogens is 1. The van der Waals surface area contributed by atoms with Crippen LogP contribution >= 0.6 is 0 Å². The van der Waals surface area contributed by atoms with E-state index in [-0.39, 0.29) is 11.9 Å². The van der Waals surface area contributed by atoms with Crippen LogP contribution in [0, 0.1) is 6.92 Å². The first-order valence-electron chi connectivity index (χ1n) is 8.40. The van der Waals surface area contributed by atoms with Gasteiger partial charge in [-0.05, 0) is 38.3 Å². The average Bonchev–Trinajstić information content (AvgIpc) is 3.15. The van der Waals surface area contributed by atoms with Crippen LogP contribution in [0.2, 0.25) is 0 Å². The van der Waals surface area contributed by atoms with Gasteiger partial charge in [-0.2, -0.15) is 0 Å². The molecule has 5 heteroatoms. The number of aromatic nitrogens is 3. The van der Waals surface area contributed by atoms with Crippen LogP contribution in [0.1, 0.15) is 47.2 Å². The van der Waals surface area contributed by atoms with Gasteiger partial charge in [0.1, 0.15) is 5.82 Å². The monoisotopic (exact) mass is 320 g/mol. The molecule has 1 aliphatic heterocycles. The lowest BCUT2D eigenvalue weighted by Gasteiger charge is -2.35. The van der Waals surface area contributed by atoms with Crippen molar-refractivity contribution in [3.05, 3.63) is 59.8 Å². The number of amides is 1. The molecule has 0 radical (unpaired) electrons. The van der Waals surface area contributed by atoms with Crippen LogP contribution in [0.3, 0.4) is 0 Å². The number of hydrogen-bond acceptors (Lipinski definition) is 3. The number of para-hydroxylation sites is 1. The lowest BCUT2D eigenvalue weighted by Crippen LogP contribution is -2.39. The van der Waals surface area contributed by atoms with Gasteiger partial charge in [0.05, 0.1) is 17.1 Å². The smallest absolute Gasteiger partial charge is 0.255 e. The summed E-state index contributed by atoms with van der Waals surface area (Å²) in [5.74, 6) is 0.941. The molecule has 3 aromatic rings. The number of imidazole rings is 1. The molecule has 0 unspecified atom stereocenters. The van der Waals surface area contributed by atoms with E-state index < -0.39 is 0 Å². The number of hydrogen-bond donors (Lipinski definition) is 1. The number of piperidine rings is 1. The fourth-order valence-electron chi connectivity index (χ4n) is 3.56. The molecule has 1 aliphatic rings. The predicted octanol–water partition coefficient (Wildman–Crippen LogP) is 3.63. The maximum atomic E-state index is 13.3. The first kappa shape index (κ1) is 14.9. The molecule has 5 nitrogen and oxygen atoms in total. The number of carbonyl (C=O) groups is 1.